The van der Waals surface area contributed by atoms with E-state index in [0.29, 0.717) is 5.41 Å². The SMILES string of the molecule is CCC1(COCc2ccc(C[SiH3])cc2)COC1. The fourth-order valence-corrected chi connectivity index (χ4v) is 2.51. The van der Waals surface area contributed by atoms with E-state index in [9.17, 15) is 0 Å². The number of hydrogen-bond donors (Lipinski definition) is 0. The molecule has 0 radical (unpaired) electrons. The van der Waals surface area contributed by atoms with E-state index < -0.39 is 0 Å². The standard InChI is InChI=1S/C14H22O2Si/c1-2-14(10-16-11-14)9-15-7-12-3-5-13(8-17)6-4-12/h3-6H,2,7-11H2,1,17H3. The van der Waals surface area contributed by atoms with Crippen LogP contribution in [0.3, 0.4) is 0 Å². The minimum atomic E-state index is 0.301. The zero-order valence-corrected chi connectivity index (χ0v) is 12.9. The zero-order valence-electron chi connectivity index (χ0n) is 10.9. The molecule has 3 heteroatoms. The summed E-state index contributed by atoms with van der Waals surface area (Å²) < 4.78 is 11.1. The minimum Gasteiger partial charge on any atom is -0.380 e. The van der Waals surface area contributed by atoms with Crippen LogP contribution < -0.4 is 0 Å². The number of hydrogen-bond acceptors (Lipinski definition) is 2. The van der Waals surface area contributed by atoms with Crippen molar-refractivity contribution in [1.82, 2.24) is 0 Å². The molecule has 2 nitrogen and oxygen atoms in total. The third-order valence-corrected chi connectivity index (χ3v) is 4.49. The summed E-state index contributed by atoms with van der Waals surface area (Å²) in [5, 5.41) is 0. The highest BCUT2D eigenvalue weighted by Crippen LogP contribution is 2.31. The van der Waals surface area contributed by atoms with Crippen molar-refractivity contribution in [1.29, 1.82) is 0 Å². The van der Waals surface area contributed by atoms with Gasteiger partial charge in [0.15, 0.2) is 0 Å². The first-order valence-corrected chi connectivity index (χ1v) is 7.93. The largest absolute Gasteiger partial charge is 0.380 e. The molecular formula is C14H22O2Si. The molecule has 1 aromatic rings. The van der Waals surface area contributed by atoms with Crippen LogP contribution in [0.1, 0.15) is 24.5 Å². The maximum atomic E-state index is 5.82. The third kappa shape index (κ3) is 3.18. The molecular weight excluding hydrogens is 228 g/mol. The second-order valence-corrected chi connectivity index (χ2v) is 5.72. The zero-order chi connectivity index (χ0) is 12.1. The number of rotatable bonds is 6. The van der Waals surface area contributed by atoms with Crippen molar-refractivity contribution >= 4 is 10.2 Å². The average molecular weight is 250 g/mol. The van der Waals surface area contributed by atoms with Crippen molar-refractivity contribution in [2.45, 2.75) is 26.0 Å². The van der Waals surface area contributed by atoms with Crippen LogP contribution in [0, 0.1) is 5.41 Å². The van der Waals surface area contributed by atoms with Crippen molar-refractivity contribution in [2.75, 3.05) is 19.8 Å². The highest BCUT2D eigenvalue weighted by molar-refractivity contribution is 6.08. The van der Waals surface area contributed by atoms with E-state index in [2.05, 4.69) is 31.2 Å². The summed E-state index contributed by atoms with van der Waals surface area (Å²) in [7, 11) is 1.23. The number of ether oxygens (including phenoxy) is 2. The van der Waals surface area contributed by atoms with E-state index in [-0.39, 0.29) is 0 Å². The first-order chi connectivity index (χ1) is 8.28. The molecule has 1 aliphatic rings. The topological polar surface area (TPSA) is 18.5 Å². The molecule has 0 N–H and O–H groups in total. The molecule has 0 bridgehead atoms. The van der Waals surface area contributed by atoms with Crippen LogP contribution in [0.15, 0.2) is 24.3 Å². The van der Waals surface area contributed by atoms with Crippen LogP contribution in [-0.4, -0.2) is 30.1 Å². The highest BCUT2D eigenvalue weighted by Gasteiger charge is 2.36. The van der Waals surface area contributed by atoms with E-state index in [1.807, 2.05) is 0 Å². The molecule has 0 aromatic heterocycles. The lowest BCUT2D eigenvalue weighted by Gasteiger charge is -2.40. The summed E-state index contributed by atoms with van der Waals surface area (Å²) in [6, 6.07) is 10.0. The Kier molecular flexibility index (Phi) is 4.37. The van der Waals surface area contributed by atoms with E-state index in [1.165, 1.54) is 27.4 Å². The van der Waals surface area contributed by atoms with Crippen LogP contribution >= 0.6 is 0 Å². The maximum Gasteiger partial charge on any atom is 0.0717 e. The van der Waals surface area contributed by atoms with E-state index >= 15 is 0 Å². The molecule has 0 spiro atoms. The molecule has 2 rings (SSSR count). The molecule has 1 fully saturated rings. The lowest BCUT2D eigenvalue weighted by Crippen LogP contribution is -2.45. The quantitative estimate of drug-likeness (QED) is 0.712. The van der Waals surface area contributed by atoms with Gasteiger partial charge >= 0.3 is 0 Å². The Bertz CT molecular complexity index is 338. The van der Waals surface area contributed by atoms with Crippen LogP contribution in [0.25, 0.3) is 0 Å². The second kappa shape index (κ2) is 5.80. The Balaban J connectivity index is 1.77. The van der Waals surface area contributed by atoms with Crippen LogP contribution in [0.4, 0.5) is 0 Å². The molecule has 1 aliphatic heterocycles. The third-order valence-electron chi connectivity index (χ3n) is 3.67. The van der Waals surface area contributed by atoms with Gasteiger partial charge in [-0.2, -0.15) is 0 Å². The van der Waals surface area contributed by atoms with Gasteiger partial charge in [-0.1, -0.05) is 36.8 Å². The second-order valence-electron chi connectivity index (χ2n) is 5.01. The lowest BCUT2D eigenvalue weighted by molar-refractivity contribution is -0.152. The van der Waals surface area contributed by atoms with Gasteiger partial charge < -0.3 is 9.47 Å². The first kappa shape index (κ1) is 12.8. The van der Waals surface area contributed by atoms with E-state index in [0.717, 1.165) is 32.8 Å². The normalized spacial score (nSPS) is 17.9. The smallest absolute Gasteiger partial charge is 0.0717 e. The van der Waals surface area contributed by atoms with Gasteiger partial charge in [-0.25, -0.2) is 0 Å². The monoisotopic (exact) mass is 250 g/mol. The van der Waals surface area contributed by atoms with Gasteiger partial charge in [0.2, 0.25) is 0 Å². The fraction of sp³-hybridized carbons (Fsp3) is 0.571. The Morgan fingerprint density at radius 3 is 2.35 bits per heavy atom. The molecule has 1 saturated heterocycles. The molecule has 0 unspecified atom stereocenters. The molecule has 0 aliphatic carbocycles. The van der Waals surface area contributed by atoms with Crippen molar-refractivity contribution in [2.24, 2.45) is 5.41 Å². The van der Waals surface area contributed by atoms with Crippen molar-refractivity contribution < 1.29 is 9.47 Å². The van der Waals surface area contributed by atoms with E-state index in [1.54, 1.807) is 0 Å². The summed E-state index contributed by atoms with van der Waals surface area (Å²) in [4.78, 5) is 0. The van der Waals surface area contributed by atoms with Gasteiger partial charge in [0.1, 0.15) is 0 Å². The van der Waals surface area contributed by atoms with Gasteiger partial charge in [0.25, 0.3) is 0 Å². The van der Waals surface area contributed by atoms with Gasteiger partial charge in [-0.05, 0) is 18.0 Å². The van der Waals surface area contributed by atoms with E-state index in [4.69, 9.17) is 9.47 Å². The fourth-order valence-electron chi connectivity index (χ4n) is 2.04. The minimum absolute atomic E-state index is 0.301. The summed E-state index contributed by atoms with van der Waals surface area (Å²) in [6.07, 6.45) is 1.15. The van der Waals surface area contributed by atoms with Crippen molar-refractivity contribution in [3.8, 4) is 0 Å². The molecule has 17 heavy (non-hydrogen) atoms. The lowest BCUT2D eigenvalue weighted by atomic mass is 9.84. The van der Waals surface area contributed by atoms with Crippen LogP contribution in [0.2, 0.25) is 0 Å². The van der Waals surface area contributed by atoms with Crippen molar-refractivity contribution in [3.05, 3.63) is 35.4 Å². The summed E-state index contributed by atoms with van der Waals surface area (Å²) >= 11 is 0. The molecule has 0 atom stereocenters. The molecule has 0 saturated carbocycles. The predicted molar refractivity (Wildman–Crippen MR) is 73.3 cm³/mol. The molecule has 94 valence electrons. The Labute approximate surface area is 107 Å². The van der Waals surface area contributed by atoms with Gasteiger partial charge in [0, 0.05) is 15.7 Å². The molecule has 0 amide bonds. The predicted octanol–water partition coefficient (Wildman–Crippen LogP) is 1.50. The van der Waals surface area contributed by atoms with Gasteiger partial charge in [-0.15, -0.1) is 0 Å². The molecule has 1 heterocycles. The van der Waals surface area contributed by atoms with Crippen LogP contribution in [-0.2, 0) is 22.1 Å². The summed E-state index contributed by atoms with van der Waals surface area (Å²) in [5.41, 5.74) is 3.02. The highest BCUT2D eigenvalue weighted by atomic mass is 28.1. The molecule has 1 aromatic carbocycles. The Morgan fingerprint density at radius 2 is 1.88 bits per heavy atom. The average Bonchev–Trinajstić information content (AvgIpc) is 2.33. The maximum absolute atomic E-state index is 5.82. The van der Waals surface area contributed by atoms with Crippen LogP contribution in [0.5, 0.6) is 0 Å². The summed E-state index contributed by atoms with van der Waals surface area (Å²) in [5.74, 6) is 0. The Morgan fingerprint density at radius 1 is 1.24 bits per heavy atom. The van der Waals surface area contributed by atoms with Gasteiger partial charge in [0.05, 0.1) is 26.4 Å². The van der Waals surface area contributed by atoms with Gasteiger partial charge in [-0.3, -0.25) is 0 Å². The first-order valence-electron chi connectivity index (χ1n) is 6.51. The Hall–Kier alpha value is -0.643. The number of benzene rings is 1. The van der Waals surface area contributed by atoms with Crippen molar-refractivity contribution in [3.63, 3.8) is 0 Å². The summed E-state index contributed by atoms with van der Waals surface area (Å²) in [6.45, 7) is 5.49.